The quantitative estimate of drug-likeness (QED) is 0.860. The number of nitrogen functional groups attached to an aromatic ring is 1. The van der Waals surface area contributed by atoms with Gasteiger partial charge in [-0.2, -0.15) is 0 Å². The Bertz CT molecular complexity index is 712. The van der Waals surface area contributed by atoms with Gasteiger partial charge in [-0.25, -0.2) is 8.42 Å². The molecule has 0 saturated carbocycles. The third kappa shape index (κ3) is 3.66. The number of hydrogen-bond donors (Lipinski definition) is 1. The van der Waals surface area contributed by atoms with Gasteiger partial charge in [0.15, 0.2) is 0 Å². The van der Waals surface area contributed by atoms with Crippen molar-refractivity contribution in [3.8, 4) is 5.75 Å². The van der Waals surface area contributed by atoms with Gasteiger partial charge in [0.2, 0.25) is 10.0 Å². The zero-order chi connectivity index (χ0) is 15.5. The molecule has 0 spiro atoms. The molecule has 0 aliphatic rings. The first kappa shape index (κ1) is 15.2. The summed E-state index contributed by atoms with van der Waals surface area (Å²) in [5, 5.41) is 0. The van der Waals surface area contributed by atoms with Crippen LogP contribution in [0.2, 0.25) is 0 Å². The zero-order valence-electron chi connectivity index (χ0n) is 12.0. The fraction of sp³-hybridized carbons (Fsp3) is 0.200. The Morgan fingerprint density at radius 3 is 2.43 bits per heavy atom. The van der Waals surface area contributed by atoms with E-state index in [-0.39, 0.29) is 5.75 Å². The number of nitrogens with zero attached hydrogens (tertiary/aromatic N) is 1. The van der Waals surface area contributed by atoms with Gasteiger partial charge in [-0.05, 0) is 29.8 Å². The Labute approximate surface area is 125 Å². The molecule has 21 heavy (non-hydrogen) atoms. The molecular weight excluding hydrogens is 288 g/mol. The van der Waals surface area contributed by atoms with Crippen molar-refractivity contribution in [2.75, 3.05) is 24.2 Å². The molecule has 0 aromatic heterocycles. The van der Waals surface area contributed by atoms with Crippen LogP contribution in [0, 0.1) is 0 Å². The summed E-state index contributed by atoms with van der Waals surface area (Å²) in [5.74, 6) is 0.531. The summed E-state index contributed by atoms with van der Waals surface area (Å²) in [6, 6.07) is 13.7. The summed E-state index contributed by atoms with van der Waals surface area (Å²) >= 11 is 0. The topological polar surface area (TPSA) is 72.6 Å². The van der Waals surface area contributed by atoms with E-state index in [4.69, 9.17) is 10.5 Å². The molecule has 0 unspecified atom stereocenters. The van der Waals surface area contributed by atoms with Crippen molar-refractivity contribution in [1.29, 1.82) is 0 Å². The Hall–Kier alpha value is -2.21. The molecule has 2 aromatic carbocycles. The molecule has 6 heteroatoms. The lowest BCUT2D eigenvalue weighted by atomic mass is 10.2. The molecule has 0 bridgehead atoms. The van der Waals surface area contributed by atoms with E-state index in [1.54, 1.807) is 55.6 Å². The number of benzene rings is 2. The number of rotatable bonds is 5. The molecule has 0 radical (unpaired) electrons. The van der Waals surface area contributed by atoms with E-state index in [1.807, 2.05) is 0 Å². The molecule has 0 aliphatic heterocycles. The van der Waals surface area contributed by atoms with E-state index < -0.39 is 10.0 Å². The van der Waals surface area contributed by atoms with Crippen LogP contribution < -0.4 is 14.8 Å². The predicted molar refractivity (Wildman–Crippen MR) is 84.9 cm³/mol. The number of nitrogens with two attached hydrogens (primary N) is 1. The molecule has 0 heterocycles. The van der Waals surface area contributed by atoms with E-state index in [0.717, 1.165) is 0 Å². The summed E-state index contributed by atoms with van der Waals surface area (Å²) in [6.45, 7) is 0. The van der Waals surface area contributed by atoms with E-state index in [0.29, 0.717) is 22.7 Å². The Balaban J connectivity index is 2.23. The minimum atomic E-state index is -3.47. The molecule has 0 amide bonds. The summed E-state index contributed by atoms with van der Waals surface area (Å²) < 4.78 is 31.2. The van der Waals surface area contributed by atoms with Crippen LogP contribution in [0.15, 0.2) is 48.5 Å². The number of methoxy groups -OCH3 is 1. The van der Waals surface area contributed by atoms with Crippen molar-refractivity contribution < 1.29 is 13.2 Å². The van der Waals surface area contributed by atoms with Crippen LogP contribution in [0.1, 0.15) is 5.56 Å². The number of ether oxygens (including phenoxy) is 1. The van der Waals surface area contributed by atoms with E-state index >= 15 is 0 Å². The maximum Gasteiger partial charge on any atom is 0.239 e. The third-order valence-corrected chi connectivity index (χ3v) is 4.91. The van der Waals surface area contributed by atoms with Gasteiger partial charge in [-0.3, -0.25) is 4.31 Å². The molecule has 5 nitrogen and oxygen atoms in total. The second-order valence-corrected chi connectivity index (χ2v) is 6.67. The second-order valence-electron chi connectivity index (χ2n) is 4.67. The van der Waals surface area contributed by atoms with Gasteiger partial charge in [0, 0.05) is 18.8 Å². The highest BCUT2D eigenvalue weighted by atomic mass is 32.2. The minimum Gasteiger partial charge on any atom is -0.497 e. The van der Waals surface area contributed by atoms with Crippen molar-refractivity contribution >= 4 is 21.4 Å². The van der Waals surface area contributed by atoms with Crippen molar-refractivity contribution in [3.63, 3.8) is 0 Å². The molecule has 0 saturated heterocycles. The highest BCUT2D eigenvalue weighted by molar-refractivity contribution is 7.92. The number of sulfonamides is 1. The average Bonchev–Trinajstić information content (AvgIpc) is 2.48. The smallest absolute Gasteiger partial charge is 0.239 e. The molecule has 2 N–H and O–H groups in total. The van der Waals surface area contributed by atoms with Crippen molar-refractivity contribution in [2.45, 2.75) is 5.75 Å². The lowest BCUT2D eigenvalue weighted by Crippen LogP contribution is -2.27. The summed E-state index contributed by atoms with van der Waals surface area (Å²) in [6.07, 6.45) is 0. The first-order valence-electron chi connectivity index (χ1n) is 6.37. The molecule has 0 fully saturated rings. The van der Waals surface area contributed by atoms with Crippen LogP contribution in [-0.2, 0) is 15.8 Å². The van der Waals surface area contributed by atoms with Gasteiger partial charge >= 0.3 is 0 Å². The SMILES string of the molecule is COc1cccc(N(C)S(=O)(=O)Cc2ccc(N)cc2)c1. The highest BCUT2D eigenvalue weighted by Crippen LogP contribution is 2.23. The summed E-state index contributed by atoms with van der Waals surface area (Å²) in [5.41, 5.74) is 7.46. The molecule has 2 aromatic rings. The lowest BCUT2D eigenvalue weighted by molar-refractivity contribution is 0.415. The fourth-order valence-corrected chi connectivity index (χ4v) is 3.13. The molecule has 2 rings (SSSR count). The lowest BCUT2D eigenvalue weighted by Gasteiger charge is -2.20. The standard InChI is InChI=1S/C15H18N2O3S/c1-17(14-4-3-5-15(10-14)20-2)21(18,19)11-12-6-8-13(16)9-7-12/h3-10H,11,16H2,1-2H3. The van der Waals surface area contributed by atoms with Gasteiger partial charge in [0.05, 0.1) is 18.6 Å². The normalized spacial score (nSPS) is 11.1. The Morgan fingerprint density at radius 2 is 1.81 bits per heavy atom. The van der Waals surface area contributed by atoms with E-state index in [9.17, 15) is 8.42 Å². The van der Waals surface area contributed by atoms with Gasteiger partial charge < -0.3 is 10.5 Å². The zero-order valence-corrected chi connectivity index (χ0v) is 12.8. The van der Waals surface area contributed by atoms with Crippen molar-refractivity contribution in [3.05, 3.63) is 54.1 Å². The Kier molecular flexibility index (Phi) is 4.37. The van der Waals surface area contributed by atoms with Crippen LogP contribution in [0.25, 0.3) is 0 Å². The first-order chi connectivity index (χ1) is 9.92. The summed E-state index contributed by atoms with van der Waals surface area (Å²) in [7, 11) is -0.394. The summed E-state index contributed by atoms with van der Waals surface area (Å²) in [4.78, 5) is 0. The second kappa shape index (κ2) is 6.05. The fourth-order valence-electron chi connectivity index (χ4n) is 1.89. The van der Waals surface area contributed by atoms with Crippen LogP contribution in [0.5, 0.6) is 5.75 Å². The predicted octanol–water partition coefficient (Wildman–Crippen LogP) is 2.24. The Morgan fingerprint density at radius 1 is 1.14 bits per heavy atom. The monoisotopic (exact) mass is 306 g/mol. The molecule has 112 valence electrons. The van der Waals surface area contributed by atoms with Crippen LogP contribution in [0.3, 0.4) is 0 Å². The van der Waals surface area contributed by atoms with Crippen LogP contribution in [0.4, 0.5) is 11.4 Å². The third-order valence-electron chi connectivity index (χ3n) is 3.16. The number of anilines is 2. The van der Waals surface area contributed by atoms with Gasteiger partial charge in [0.1, 0.15) is 5.75 Å². The molecule has 0 aliphatic carbocycles. The minimum absolute atomic E-state index is 0.0824. The molecule has 0 atom stereocenters. The van der Waals surface area contributed by atoms with Crippen LogP contribution >= 0.6 is 0 Å². The molecular formula is C15H18N2O3S. The largest absolute Gasteiger partial charge is 0.497 e. The van der Waals surface area contributed by atoms with Crippen molar-refractivity contribution in [1.82, 2.24) is 0 Å². The average molecular weight is 306 g/mol. The van der Waals surface area contributed by atoms with Crippen LogP contribution in [-0.4, -0.2) is 22.6 Å². The van der Waals surface area contributed by atoms with Gasteiger partial charge in [0.25, 0.3) is 0 Å². The maximum atomic E-state index is 12.4. The van der Waals surface area contributed by atoms with Gasteiger partial charge in [-0.1, -0.05) is 18.2 Å². The first-order valence-corrected chi connectivity index (χ1v) is 7.98. The van der Waals surface area contributed by atoms with E-state index in [2.05, 4.69) is 0 Å². The van der Waals surface area contributed by atoms with E-state index in [1.165, 1.54) is 11.4 Å². The highest BCUT2D eigenvalue weighted by Gasteiger charge is 2.19. The maximum absolute atomic E-state index is 12.4. The van der Waals surface area contributed by atoms with Gasteiger partial charge in [-0.15, -0.1) is 0 Å². The van der Waals surface area contributed by atoms with Crippen molar-refractivity contribution in [2.24, 2.45) is 0 Å². The number of hydrogen-bond acceptors (Lipinski definition) is 4.